The van der Waals surface area contributed by atoms with Gasteiger partial charge in [-0.25, -0.2) is 0 Å². The van der Waals surface area contributed by atoms with Gasteiger partial charge in [-0.2, -0.15) is 10.5 Å². The van der Waals surface area contributed by atoms with Crippen LogP contribution in [0.3, 0.4) is 0 Å². The van der Waals surface area contributed by atoms with Crippen LogP contribution in [-0.2, 0) is 6.42 Å². The maximum Gasteiger partial charge on any atom is 0.119 e. The highest BCUT2D eigenvalue weighted by molar-refractivity contribution is 5.29. The molecule has 0 spiro atoms. The molecule has 0 radical (unpaired) electrons. The summed E-state index contributed by atoms with van der Waals surface area (Å²) in [5, 5.41) is 17.5. The first-order valence-electron chi connectivity index (χ1n) is 5.85. The predicted molar refractivity (Wildman–Crippen MR) is 63.1 cm³/mol. The zero-order valence-corrected chi connectivity index (χ0v) is 9.60. The number of hydrogen-bond acceptors (Lipinski definition) is 3. The SMILES string of the molecule is N#CCc1ccc(OC2CCCC2C#N)cc1. The molecule has 1 aliphatic carbocycles. The van der Waals surface area contributed by atoms with E-state index in [4.69, 9.17) is 15.3 Å². The van der Waals surface area contributed by atoms with Gasteiger partial charge in [0.15, 0.2) is 0 Å². The van der Waals surface area contributed by atoms with Crippen LogP contribution >= 0.6 is 0 Å². The number of hydrogen-bond donors (Lipinski definition) is 0. The molecule has 3 heteroatoms. The summed E-state index contributed by atoms with van der Waals surface area (Å²) in [5.74, 6) is 0.813. The fraction of sp³-hybridized carbons (Fsp3) is 0.429. The van der Waals surface area contributed by atoms with Gasteiger partial charge in [-0.05, 0) is 37.0 Å². The minimum Gasteiger partial charge on any atom is -0.489 e. The highest BCUT2D eigenvalue weighted by Gasteiger charge is 2.28. The third-order valence-electron chi connectivity index (χ3n) is 3.11. The van der Waals surface area contributed by atoms with Crippen LogP contribution in [0.1, 0.15) is 24.8 Å². The van der Waals surface area contributed by atoms with Crippen molar-refractivity contribution in [3.63, 3.8) is 0 Å². The molecule has 86 valence electrons. The highest BCUT2D eigenvalue weighted by atomic mass is 16.5. The average molecular weight is 226 g/mol. The Balaban J connectivity index is 2.00. The Kier molecular flexibility index (Phi) is 3.62. The van der Waals surface area contributed by atoms with E-state index in [9.17, 15) is 0 Å². The van der Waals surface area contributed by atoms with Gasteiger partial charge in [0.25, 0.3) is 0 Å². The predicted octanol–water partition coefficient (Wildman–Crippen LogP) is 2.82. The van der Waals surface area contributed by atoms with E-state index in [1.807, 2.05) is 24.3 Å². The van der Waals surface area contributed by atoms with E-state index >= 15 is 0 Å². The van der Waals surface area contributed by atoms with Gasteiger partial charge in [-0.15, -0.1) is 0 Å². The van der Waals surface area contributed by atoms with Gasteiger partial charge in [-0.3, -0.25) is 0 Å². The Morgan fingerprint density at radius 3 is 2.59 bits per heavy atom. The lowest BCUT2D eigenvalue weighted by molar-refractivity contribution is 0.182. The first kappa shape index (κ1) is 11.5. The van der Waals surface area contributed by atoms with E-state index in [0.717, 1.165) is 30.6 Å². The van der Waals surface area contributed by atoms with Crippen molar-refractivity contribution in [1.82, 2.24) is 0 Å². The molecule has 1 aromatic carbocycles. The molecule has 3 nitrogen and oxygen atoms in total. The molecule has 0 aliphatic heterocycles. The van der Waals surface area contributed by atoms with Crippen LogP contribution in [0.4, 0.5) is 0 Å². The third-order valence-corrected chi connectivity index (χ3v) is 3.11. The quantitative estimate of drug-likeness (QED) is 0.796. The smallest absolute Gasteiger partial charge is 0.119 e. The summed E-state index contributed by atoms with van der Waals surface area (Å²) in [7, 11) is 0. The Morgan fingerprint density at radius 1 is 1.18 bits per heavy atom. The van der Waals surface area contributed by atoms with E-state index < -0.39 is 0 Å². The van der Waals surface area contributed by atoms with Crippen molar-refractivity contribution in [2.45, 2.75) is 31.8 Å². The van der Waals surface area contributed by atoms with Gasteiger partial charge in [0.05, 0.1) is 24.5 Å². The second kappa shape index (κ2) is 5.37. The zero-order chi connectivity index (χ0) is 12.1. The molecule has 1 saturated carbocycles. The summed E-state index contributed by atoms with van der Waals surface area (Å²) >= 11 is 0. The van der Waals surface area contributed by atoms with Crippen molar-refractivity contribution < 1.29 is 4.74 Å². The molecule has 2 rings (SSSR count). The lowest BCUT2D eigenvalue weighted by atomic mass is 10.1. The molecule has 1 aliphatic rings. The van der Waals surface area contributed by atoms with E-state index in [1.54, 1.807) is 0 Å². The number of benzene rings is 1. The topological polar surface area (TPSA) is 56.8 Å². The molecule has 0 bridgehead atoms. The molecular formula is C14H14N2O. The normalized spacial score (nSPS) is 22.7. The highest BCUT2D eigenvalue weighted by Crippen LogP contribution is 2.29. The number of nitrogens with zero attached hydrogens (tertiary/aromatic N) is 2. The van der Waals surface area contributed by atoms with Crippen LogP contribution in [-0.4, -0.2) is 6.10 Å². The van der Waals surface area contributed by atoms with Crippen molar-refractivity contribution in [1.29, 1.82) is 10.5 Å². The van der Waals surface area contributed by atoms with Gasteiger partial charge in [0.1, 0.15) is 11.9 Å². The summed E-state index contributed by atoms with van der Waals surface area (Å²) in [6.07, 6.45) is 3.41. The van der Waals surface area contributed by atoms with Crippen molar-refractivity contribution in [3.05, 3.63) is 29.8 Å². The molecule has 17 heavy (non-hydrogen) atoms. The minimum atomic E-state index is 0.0220. The van der Waals surface area contributed by atoms with E-state index in [0.29, 0.717) is 6.42 Å². The van der Waals surface area contributed by atoms with Crippen molar-refractivity contribution in [2.75, 3.05) is 0 Å². The van der Waals surface area contributed by atoms with Crippen LogP contribution in [0.25, 0.3) is 0 Å². The molecule has 0 amide bonds. The second-order valence-corrected chi connectivity index (χ2v) is 4.30. The molecule has 1 aromatic rings. The molecule has 2 unspecified atom stereocenters. The Labute approximate surface area is 101 Å². The van der Waals surface area contributed by atoms with Crippen LogP contribution in [0.2, 0.25) is 0 Å². The van der Waals surface area contributed by atoms with Crippen LogP contribution in [0.5, 0.6) is 5.75 Å². The standard InChI is InChI=1S/C14H14N2O/c15-9-8-11-4-6-13(7-5-11)17-14-3-1-2-12(14)10-16/h4-7,12,14H,1-3,8H2. The van der Waals surface area contributed by atoms with E-state index in [-0.39, 0.29) is 12.0 Å². The largest absolute Gasteiger partial charge is 0.489 e. The van der Waals surface area contributed by atoms with Crippen molar-refractivity contribution >= 4 is 0 Å². The van der Waals surface area contributed by atoms with Gasteiger partial charge in [-0.1, -0.05) is 12.1 Å². The lowest BCUT2D eigenvalue weighted by Crippen LogP contribution is -2.19. The maximum absolute atomic E-state index is 8.96. The maximum atomic E-state index is 8.96. The third kappa shape index (κ3) is 2.77. The van der Waals surface area contributed by atoms with Crippen LogP contribution in [0.15, 0.2) is 24.3 Å². The lowest BCUT2D eigenvalue weighted by Gasteiger charge is -2.16. The van der Waals surface area contributed by atoms with E-state index in [1.165, 1.54) is 0 Å². The molecule has 2 atom stereocenters. The van der Waals surface area contributed by atoms with Crippen molar-refractivity contribution in [2.24, 2.45) is 5.92 Å². The molecule has 0 N–H and O–H groups in total. The van der Waals surface area contributed by atoms with Crippen molar-refractivity contribution in [3.8, 4) is 17.9 Å². The Bertz CT molecular complexity index is 453. The first-order valence-corrected chi connectivity index (χ1v) is 5.85. The fourth-order valence-electron chi connectivity index (χ4n) is 2.17. The zero-order valence-electron chi connectivity index (χ0n) is 9.60. The van der Waals surface area contributed by atoms with Crippen LogP contribution in [0, 0.1) is 28.6 Å². The second-order valence-electron chi connectivity index (χ2n) is 4.30. The Morgan fingerprint density at radius 2 is 1.94 bits per heavy atom. The summed E-state index contributed by atoms with van der Waals surface area (Å²) in [4.78, 5) is 0. The van der Waals surface area contributed by atoms with Crippen LogP contribution < -0.4 is 4.74 Å². The van der Waals surface area contributed by atoms with E-state index in [2.05, 4.69) is 12.1 Å². The molecule has 1 fully saturated rings. The summed E-state index contributed by atoms with van der Waals surface area (Å²) in [6, 6.07) is 12.0. The molecule has 0 heterocycles. The summed E-state index contributed by atoms with van der Waals surface area (Å²) < 4.78 is 5.81. The minimum absolute atomic E-state index is 0.0220. The number of nitriles is 2. The molecule has 0 saturated heterocycles. The average Bonchev–Trinajstić information content (AvgIpc) is 2.79. The fourth-order valence-corrected chi connectivity index (χ4v) is 2.17. The Hall–Kier alpha value is -2.00. The summed E-state index contributed by atoms with van der Waals surface area (Å²) in [6.45, 7) is 0. The molecule has 0 aromatic heterocycles. The summed E-state index contributed by atoms with van der Waals surface area (Å²) in [5.41, 5.74) is 0.989. The number of rotatable bonds is 3. The van der Waals surface area contributed by atoms with Gasteiger partial charge in [0, 0.05) is 0 Å². The molecular weight excluding hydrogens is 212 g/mol. The monoisotopic (exact) mass is 226 g/mol. The van der Waals surface area contributed by atoms with Gasteiger partial charge >= 0.3 is 0 Å². The first-order chi connectivity index (χ1) is 8.33. The van der Waals surface area contributed by atoms with Gasteiger partial charge < -0.3 is 4.74 Å². The number of ether oxygens (including phenoxy) is 1. The van der Waals surface area contributed by atoms with Gasteiger partial charge in [0.2, 0.25) is 0 Å².